The topological polar surface area (TPSA) is 168 Å². The monoisotopic (exact) mass is 345 g/mol. The Balaban J connectivity index is 0.000000383. The van der Waals surface area contributed by atoms with Gasteiger partial charge in [-0.1, -0.05) is 0 Å². The zero-order chi connectivity index (χ0) is 16.2. The van der Waals surface area contributed by atoms with Crippen molar-refractivity contribution in [3.05, 3.63) is 22.5 Å². The fourth-order valence-corrected chi connectivity index (χ4v) is 2.28. The number of hydrogen-bond acceptors (Lipinski definition) is 7. The summed E-state index contributed by atoms with van der Waals surface area (Å²) in [6, 6.07) is 0. The molecular formula is C8H13FN3O7PS. The second-order valence-corrected chi connectivity index (χ2v) is 5.93. The number of phosphoric acid groups is 1. The molecular weight excluding hydrogens is 332 g/mol. The predicted octanol–water partition coefficient (Wildman–Crippen LogP) is -1.38. The van der Waals surface area contributed by atoms with Crippen LogP contribution in [0.15, 0.2) is 11.0 Å². The van der Waals surface area contributed by atoms with E-state index >= 15 is 0 Å². The number of aliphatic hydroxyl groups is 1. The first-order chi connectivity index (χ1) is 9.61. The lowest BCUT2D eigenvalue weighted by molar-refractivity contribution is -0.00677. The highest BCUT2D eigenvalue weighted by Gasteiger charge is 2.27. The van der Waals surface area contributed by atoms with Crippen LogP contribution in [0.3, 0.4) is 0 Å². The van der Waals surface area contributed by atoms with E-state index in [4.69, 9.17) is 34.8 Å². The Labute approximate surface area is 121 Å². The van der Waals surface area contributed by atoms with Crippen molar-refractivity contribution in [2.24, 2.45) is 0 Å². The van der Waals surface area contributed by atoms with E-state index in [2.05, 4.69) is 4.98 Å². The van der Waals surface area contributed by atoms with Crippen molar-refractivity contribution in [3.8, 4) is 0 Å². The van der Waals surface area contributed by atoms with Crippen LogP contribution in [0.4, 0.5) is 10.2 Å². The van der Waals surface area contributed by atoms with Gasteiger partial charge in [0.2, 0.25) is 0 Å². The van der Waals surface area contributed by atoms with E-state index < -0.39 is 36.8 Å². The van der Waals surface area contributed by atoms with Crippen molar-refractivity contribution < 1.29 is 33.5 Å². The van der Waals surface area contributed by atoms with Crippen molar-refractivity contribution in [2.45, 2.75) is 11.7 Å². The fourth-order valence-electron chi connectivity index (χ4n) is 1.35. The third-order valence-electron chi connectivity index (χ3n) is 2.13. The van der Waals surface area contributed by atoms with E-state index in [1.807, 2.05) is 0 Å². The molecule has 10 nitrogen and oxygen atoms in total. The Hall–Kier alpha value is -1.01. The van der Waals surface area contributed by atoms with Gasteiger partial charge in [-0.05, 0) is 0 Å². The molecule has 1 aromatic rings. The summed E-state index contributed by atoms with van der Waals surface area (Å²) in [6.45, 7) is -0.152. The zero-order valence-corrected chi connectivity index (χ0v) is 12.1. The van der Waals surface area contributed by atoms with Crippen LogP contribution in [0, 0.1) is 5.82 Å². The molecule has 21 heavy (non-hydrogen) atoms. The molecule has 1 saturated heterocycles. The molecule has 0 unspecified atom stereocenters. The number of anilines is 1. The fraction of sp³-hybridized carbons (Fsp3) is 0.500. The maximum Gasteiger partial charge on any atom is 0.466 e. The molecule has 0 saturated carbocycles. The van der Waals surface area contributed by atoms with Gasteiger partial charge in [-0.2, -0.15) is 4.98 Å². The van der Waals surface area contributed by atoms with Crippen molar-refractivity contribution in [2.75, 3.05) is 18.1 Å². The first kappa shape index (κ1) is 18.0. The van der Waals surface area contributed by atoms with Crippen molar-refractivity contribution in [3.63, 3.8) is 0 Å². The number of aromatic nitrogens is 2. The standard InChI is InChI=1S/C8H10FN3O3S.H3O4P/c9-4-1-12(8(14)11-7(4)10)5-3-16-6(2-13)15-5;1-5(2,3)4/h1,5-6,13H,2-3H2,(H2,10,11,14);(H3,1,2,3,4)/t5-,6+;/m0./s1. The van der Waals surface area contributed by atoms with Gasteiger partial charge in [-0.3, -0.25) is 4.57 Å². The van der Waals surface area contributed by atoms with Gasteiger partial charge in [0.15, 0.2) is 11.6 Å². The first-order valence-electron chi connectivity index (χ1n) is 5.32. The molecule has 1 fully saturated rings. The lowest BCUT2D eigenvalue weighted by Crippen LogP contribution is -2.29. The number of nitrogen functional groups attached to an aromatic ring is 1. The van der Waals surface area contributed by atoms with Crippen LogP contribution in [-0.2, 0) is 9.30 Å². The number of hydrogen-bond donors (Lipinski definition) is 5. The smallest absolute Gasteiger partial charge is 0.393 e. The average Bonchev–Trinajstić information content (AvgIpc) is 2.80. The number of thioether (sulfide) groups is 1. The minimum absolute atomic E-state index is 0.152. The molecule has 2 atom stereocenters. The number of halogens is 1. The zero-order valence-electron chi connectivity index (χ0n) is 10.4. The van der Waals surface area contributed by atoms with Gasteiger partial charge in [-0.15, -0.1) is 11.8 Å². The molecule has 0 amide bonds. The van der Waals surface area contributed by atoms with Gasteiger partial charge in [0.1, 0.15) is 11.7 Å². The molecule has 13 heteroatoms. The van der Waals surface area contributed by atoms with Gasteiger partial charge < -0.3 is 30.3 Å². The summed E-state index contributed by atoms with van der Waals surface area (Å²) in [7, 11) is -4.64. The molecule has 1 aliphatic rings. The molecule has 2 rings (SSSR count). The van der Waals surface area contributed by atoms with Crippen LogP contribution in [0.2, 0.25) is 0 Å². The van der Waals surface area contributed by atoms with E-state index in [1.165, 1.54) is 11.8 Å². The highest BCUT2D eigenvalue weighted by molar-refractivity contribution is 8.00. The molecule has 1 aliphatic heterocycles. The number of nitrogens with zero attached hydrogens (tertiary/aromatic N) is 2. The van der Waals surface area contributed by atoms with Crippen molar-refractivity contribution in [1.29, 1.82) is 0 Å². The molecule has 0 aromatic carbocycles. The van der Waals surface area contributed by atoms with Gasteiger partial charge >= 0.3 is 13.5 Å². The summed E-state index contributed by atoms with van der Waals surface area (Å²) in [6.07, 6.45) is 0.354. The number of aliphatic hydroxyl groups excluding tert-OH is 1. The van der Waals surface area contributed by atoms with Crippen molar-refractivity contribution >= 4 is 25.4 Å². The van der Waals surface area contributed by atoms with E-state index in [9.17, 15) is 9.18 Å². The predicted molar refractivity (Wildman–Crippen MR) is 70.6 cm³/mol. The highest BCUT2D eigenvalue weighted by Crippen LogP contribution is 2.30. The minimum atomic E-state index is -4.64. The highest BCUT2D eigenvalue weighted by atomic mass is 32.2. The molecule has 120 valence electrons. The lowest BCUT2D eigenvalue weighted by atomic mass is 10.5. The molecule has 1 aromatic heterocycles. The molecule has 6 N–H and O–H groups in total. The Morgan fingerprint density at radius 1 is 1.57 bits per heavy atom. The second kappa shape index (κ2) is 7.31. The van der Waals surface area contributed by atoms with Crippen LogP contribution in [0.1, 0.15) is 6.23 Å². The van der Waals surface area contributed by atoms with Crippen LogP contribution in [-0.4, -0.2) is 47.1 Å². The summed E-state index contributed by atoms with van der Waals surface area (Å²) in [5, 5.41) is 8.86. The molecule has 0 aliphatic carbocycles. The van der Waals surface area contributed by atoms with Gasteiger partial charge in [0.05, 0.1) is 12.8 Å². The third-order valence-corrected chi connectivity index (χ3v) is 3.24. The minimum Gasteiger partial charge on any atom is -0.393 e. The molecule has 0 bridgehead atoms. The van der Waals surface area contributed by atoms with Gasteiger partial charge in [-0.25, -0.2) is 13.8 Å². The average molecular weight is 345 g/mol. The summed E-state index contributed by atoms with van der Waals surface area (Å²) in [4.78, 5) is 36.3. The van der Waals surface area contributed by atoms with Gasteiger partial charge in [0.25, 0.3) is 0 Å². The van der Waals surface area contributed by atoms with E-state index in [-0.39, 0.29) is 6.61 Å². The maximum absolute atomic E-state index is 13.1. The third kappa shape index (κ3) is 6.09. The lowest BCUT2D eigenvalue weighted by Gasteiger charge is -2.13. The summed E-state index contributed by atoms with van der Waals surface area (Å²) >= 11 is 1.35. The first-order valence-corrected chi connectivity index (χ1v) is 7.93. The molecule has 0 spiro atoms. The Bertz CT molecular complexity index is 585. The van der Waals surface area contributed by atoms with Crippen LogP contribution < -0.4 is 11.4 Å². The summed E-state index contributed by atoms with van der Waals surface area (Å²) < 4.78 is 28.4. The Morgan fingerprint density at radius 3 is 2.62 bits per heavy atom. The quantitative estimate of drug-likeness (QED) is 0.403. The number of ether oxygens (including phenoxy) is 1. The Kier molecular flexibility index (Phi) is 6.28. The van der Waals surface area contributed by atoms with Crippen LogP contribution in [0.5, 0.6) is 0 Å². The van der Waals surface area contributed by atoms with E-state index in [0.29, 0.717) is 5.75 Å². The van der Waals surface area contributed by atoms with Crippen LogP contribution in [0.25, 0.3) is 0 Å². The van der Waals surface area contributed by atoms with E-state index in [0.717, 1.165) is 10.8 Å². The second-order valence-electron chi connectivity index (χ2n) is 3.71. The molecule has 2 heterocycles. The molecule has 0 radical (unpaired) electrons. The van der Waals surface area contributed by atoms with Crippen molar-refractivity contribution in [1.82, 2.24) is 9.55 Å². The van der Waals surface area contributed by atoms with E-state index in [1.54, 1.807) is 0 Å². The number of rotatable bonds is 2. The van der Waals surface area contributed by atoms with Gasteiger partial charge in [0, 0.05) is 5.75 Å². The normalized spacial score (nSPS) is 21.8. The van der Waals surface area contributed by atoms with Crippen LogP contribution >= 0.6 is 19.6 Å². The maximum atomic E-state index is 13.1. The largest absolute Gasteiger partial charge is 0.466 e. The SMILES string of the molecule is Nc1nc(=O)n([C@@H]2CS[C@H](CO)O2)cc1F.O=P(O)(O)O. The summed E-state index contributed by atoms with van der Waals surface area (Å²) in [5.74, 6) is -0.734. The summed E-state index contributed by atoms with van der Waals surface area (Å²) in [5.41, 5.74) is 4.10. The number of nitrogens with two attached hydrogens (primary N) is 1. The Morgan fingerprint density at radius 2 is 2.14 bits per heavy atom.